The van der Waals surface area contributed by atoms with Crippen LogP contribution in [0.4, 0.5) is 5.69 Å². The highest BCUT2D eigenvalue weighted by molar-refractivity contribution is 7.91. The number of rotatable bonds is 2. The van der Waals surface area contributed by atoms with E-state index in [1.165, 1.54) is 0 Å². The third-order valence-corrected chi connectivity index (χ3v) is 4.59. The predicted octanol–water partition coefficient (Wildman–Crippen LogP) is 1.30. The second-order valence-corrected chi connectivity index (χ2v) is 6.56. The van der Waals surface area contributed by atoms with Crippen molar-refractivity contribution in [3.05, 3.63) is 23.5 Å². The maximum absolute atomic E-state index is 11.3. The smallest absolute Gasteiger partial charge is 0.152 e. The van der Waals surface area contributed by atoms with Crippen LogP contribution in [0.3, 0.4) is 0 Å². The lowest BCUT2D eigenvalue weighted by molar-refractivity contribution is 0.602. The van der Waals surface area contributed by atoms with E-state index in [0.29, 0.717) is 12.2 Å². The minimum atomic E-state index is -2.82. The van der Waals surface area contributed by atoms with Crippen LogP contribution in [0.5, 0.6) is 0 Å². The fourth-order valence-corrected chi connectivity index (χ4v) is 3.64. The number of pyridine rings is 1. The maximum atomic E-state index is 11.3. The number of aryl methyl sites for hydroxylation is 2. The molecule has 1 atom stereocenters. The topological polar surface area (TPSA) is 59.1 Å². The molecule has 2 rings (SSSR count). The molecule has 0 saturated carbocycles. The Morgan fingerprint density at radius 1 is 1.38 bits per heavy atom. The van der Waals surface area contributed by atoms with Crippen LogP contribution in [-0.2, 0) is 9.84 Å². The number of hydrogen-bond acceptors (Lipinski definition) is 4. The Labute approximate surface area is 96.0 Å². The van der Waals surface area contributed by atoms with E-state index < -0.39 is 9.84 Å². The van der Waals surface area contributed by atoms with Gasteiger partial charge in [0.1, 0.15) is 0 Å². The van der Waals surface area contributed by atoms with E-state index in [0.717, 1.165) is 17.1 Å². The summed E-state index contributed by atoms with van der Waals surface area (Å²) < 4.78 is 22.6. The van der Waals surface area contributed by atoms with Crippen molar-refractivity contribution in [2.75, 3.05) is 16.8 Å². The number of nitrogens with one attached hydrogen (secondary N) is 1. The zero-order chi connectivity index (χ0) is 11.8. The Balaban J connectivity index is 2.11. The van der Waals surface area contributed by atoms with Crippen LogP contribution in [-0.4, -0.2) is 30.9 Å². The molecule has 0 aliphatic carbocycles. The van der Waals surface area contributed by atoms with E-state index in [4.69, 9.17) is 0 Å². The van der Waals surface area contributed by atoms with Gasteiger partial charge in [-0.1, -0.05) is 0 Å². The average Bonchev–Trinajstić information content (AvgIpc) is 2.51. The van der Waals surface area contributed by atoms with Gasteiger partial charge in [0.15, 0.2) is 9.84 Å². The van der Waals surface area contributed by atoms with Crippen molar-refractivity contribution in [2.45, 2.75) is 26.3 Å². The molecule has 0 aromatic carbocycles. The quantitative estimate of drug-likeness (QED) is 0.846. The van der Waals surface area contributed by atoms with E-state index in [1.54, 1.807) is 0 Å². The third kappa shape index (κ3) is 2.52. The normalized spacial score (nSPS) is 23.2. The van der Waals surface area contributed by atoms with Crippen molar-refractivity contribution < 1.29 is 8.42 Å². The van der Waals surface area contributed by atoms with Crippen molar-refractivity contribution in [2.24, 2.45) is 0 Å². The molecular weight excluding hydrogens is 224 g/mol. The van der Waals surface area contributed by atoms with Crippen molar-refractivity contribution in [3.63, 3.8) is 0 Å². The molecule has 1 aliphatic heterocycles. The Morgan fingerprint density at radius 3 is 2.69 bits per heavy atom. The zero-order valence-electron chi connectivity index (χ0n) is 9.53. The van der Waals surface area contributed by atoms with Crippen LogP contribution in [0.15, 0.2) is 12.1 Å². The van der Waals surface area contributed by atoms with Gasteiger partial charge in [0, 0.05) is 11.7 Å². The molecular formula is C11H16N2O2S. The summed E-state index contributed by atoms with van der Waals surface area (Å²) >= 11 is 0. The number of hydrogen-bond donors (Lipinski definition) is 1. The second kappa shape index (κ2) is 4.05. The predicted molar refractivity (Wildman–Crippen MR) is 64.4 cm³/mol. The molecule has 88 valence electrons. The summed E-state index contributed by atoms with van der Waals surface area (Å²) in [4.78, 5) is 4.34. The molecule has 0 spiro atoms. The van der Waals surface area contributed by atoms with Gasteiger partial charge in [-0.05, 0) is 32.4 Å². The second-order valence-electron chi connectivity index (χ2n) is 4.33. The molecule has 0 bridgehead atoms. The first kappa shape index (κ1) is 11.4. The first-order valence-electron chi connectivity index (χ1n) is 5.37. The first-order chi connectivity index (χ1) is 7.46. The molecule has 1 saturated heterocycles. The highest BCUT2D eigenvalue weighted by Gasteiger charge is 2.27. The summed E-state index contributed by atoms with van der Waals surface area (Å²) in [6.45, 7) is 3.87. The molecule has 1 N–H and O–H groups in total. The van der Waals surface area contributed by atoms with E-state index in [2.05, 4.69) is 10.3 Å². The lowest BCUT2D eigenvalue weighted by Crippen LogP contribution is -2.21. The summed E-state index contributed by atoms with van der Waals surface area (Å²) in [6.07, 6.45) is 0.690. The minimum Gasteiger partial charge on any atom is -0.380 e. The van der Waals surface area contributed by atoms with Gasteiger partial charge in [-0.3, -0.25) is 4.98 Å². The van der Waals surface area contributed by atoms with E-state index in [9.17, 15) is 8.42 Å². The lowest BCUT2D eigenvalue weighted by atomic mass is 10.2. The van der Waals surface area contributed by atoms with Gasteiger partial charge in [0.2, 0.25) is 0 Å². The number of aromatic nitrogens is 1. The van der Waals surface area contributed by atoms with Crippen LogP contribution >= 0.6 is 0 Å². The van der Waals surface area contributed by atoms with Gasteiger partial charge in [0.25, 0.3) is 0 Å². The van der Waals surface area contributed by atoms with E-state index >= 15 is 0 Å². The minimum absolute atomic E-state index is 0.0354. The van der Waals surface area contributed by atoms with Crippen LogP contribution in [0.2, 0.25) is 0 Å². The Morgan fingerprint density at radius 2 is 2.12 bits per heavy atom. The van der Waals surface area contributed by atoms with Crippen molar-refractivity contribution in [1.82, 2.24) is 4.98 Å². The molecule has 0 amide bonds. The average molecular weight is 240 g/mol. The van der Waals surface area contributed by atoms with Crippen molar-refractivity contribution in [1.29, 1.82) is 0 Å². The van der Waals surface area contributed by atoms with Gasteiger partial charge >= 0.3 is 0 Å². The first-order valence-corrected chi connectivity index (χ1v) is 7.20. The van der Waals surface area contributed by atoms with Crippen LogP contribution in [0, 0.1) is 13.8 Å². The Kier molecular flexibility index (Phi) is 2.88. The van der Waals surface area contributed by atoms with Crippen LogP contribution in [0.1, 0.15) is 17.8 Å². The molecule has 0 radical (unpaired) electrons. The molecule has 4 nitrogen and oxygen atoms in total. The maximum Gasteiger partial charge on any atom is 0.152 e. The summed E-state index contributed by atoms with van der Waals surface area (Å²) in [6, 6.07) is 3.93. The van der Waals surface area contributed by atoms with Gasteiger partial charge in [-0.15, -0.1) is 0 Å². The molecule has 1 aliphatic rings. The fraction of sp³-hybridized carbons (Fsp3) is 0.545. The summed E-state index contributed by atoms with van der Waals surface area (Å²) in [5, 5.41) is 3.25. The van der Waals surface area contributed by atoms with Crippen molar-refractivity contribution >= 4 is 15.5 Å². The van der Waals surface area contributed by atoms with Gasteiger partial charge in [-0.2, -0.15) is 0 Å². The van der Waals surface area contributed by atoms with E-state index in [-0.39, 0.29) is 11.8 Å². The Hall–Kier alpha value is -1.10. The lowest BCUT2D eigenvalue weighted by Gasteiger charge is -2.14. The van der Waals surface area contributed by atoms with Gasteiger partial charge in [-0.25, -0.2) is 8.42 Å². The molecule has 1 fully saturated rings. The highest BCUT2D eigenvalue weighted by atomic mass is 32.2. The molecule has 1 unspecified atom stereocenters. The summed E-state index contributed by atoms with van der Waals surface area (Å²) in [7, 11) is -2.82. The third-order valence-electron chi connectivity index (χ3n) is 2.82. The molecule has 2 heterocycles. The van der Waals surface area contributed by atoms with Crippen LogP contribution < -0.4 is 5.32 Å². The highest BCUT2D eigenvalue weighted by Crippen LogP contribution is 2.19. The summed E-state index contributed by atoms with van der Waals surface area (Å²) in [5.74, 6) is 0.531. The Bertz CT molecular complexity index is 497. The van der Waals surface area contributed by atoms with Crippen molar-refractivity contribution in [3.8, 4) is 0 Å². The fourth-order valence-electron chi connectivity index (χ4n) is 1.97. The monoisotopic (exact) mass is 240 g/mol. The summed E-state index contributed by atoms with van der Waals surface area (Å²) in [5.41, 5.74) is 2.83. The van der Waals surface area contributed by atoms with Crippen LogP contribution in [0.25, 0.3) is 0 Å². The number of nitrogens with zero attached hydrogens (tertiary/aromatic N) is 1. The van der Waals surface area contributed by atoms with E-state index in [1.807, 2.05) is 26.0 Å². The zero-order valence-corrected chi connectivity index (χ0v) is 10.3. The standard InChI is InChI=1S/C11H16N2O2S/c1-8-3-4-11(9(2)12-8)13-10-5-6-16(14,15)7-10/h3-4,10,13H,5-7H2,1-2H3. The molecule has 5 heteroatoms. The van der Waals surface area contributed by atoms with Gasteiger partial charge < -0.3 is 5.32 Å². The largest absolute Gasteiger partial charge is 0.380 e. The molecule has 16 heavy (non-hydrogen) atoms. The van der Waals surface area contributed by atoms with Gasteiger partial charge in [0.05, 0.1) is 22.9 Å². The number of sulfone groups is 1. The SMILES string of the molecule is Cc1ccc(NC2CCS(=O)(=O)C2)c(C)n1. The molecule has 1 aromatic rings. The molecule has 1 aromatic heterocycles. The number of anilines is 1.